The Kier molecular flexibility index (Phi) is 5.93. The molecule has 0 bridgehead atoms. The van der Waals surface area contributed by atoms with Gasteiger partial charge in [-0.25, -0.2) is 8.42 Å². The average Bonchev–Trinajstić information content (AvgIpc) is 2.94. The van der Waals surface area contributed by atoms with Gasteiger partial charge in [-0.15, -0.1) is 0 Å². The molecule has 1 fully saturated rings. The molecule has 1 saturated heterocycles. The third-order valence-corrected chi connectivity index (χ3v) is 8.64. The van der Waals surface area contributed by atoms with Crippen LogP contribution in [0.1, 0.15) is 42.4 Å². The van der Waals surface area contributed by atoms with Gasteiger partial charge in [0.2, 0.25) is 10.0 Å². The standard InChI is InChI=1S/C25H28ClNO2S/c1-19-7-11-21(12-8-19)24(26)23-17-27(18-25(23)15-5-3-4-6-16-25)30(28,29)22-13-9-20(2)10-14-22/h3,5,7-14H,4,6,15-18H2,1-2H3/b24-23+. The predicted octanol–water partition coefficient (Wildman–Crippen LogP) is 6.07. The van der Waals surface area contributed by atoms with Crippen LogP contribution in [-0.2, 0) is 10.0 Å². The van der Waals surface area contributed by atoms with E-state index in [0.717, 1.165) is 42.4 Å². The van der Waals surface area contributed by atoms with Crippen LogP contribution in [0.5, 0.6) is 0 Å². The van der Waals surface area contributed by atoms with Crippen LogP contribution < -0.4 is 0 Å². The van der Waals surface area contributed by atoms with Crippen LogP contribution >= 0.6 is 11.6 Å². The zero-order valence-corrected chi connectivity index (χ0v) is 19.1. The van der Waals surface area contributed by atoms with E-state index in [1.54, 1.807) is 16.4 Å². The monoisotopic (exact) mass is 441 g/mol. The summed E-state index contributed by atoms with van der Waals surface area (Å²) < 4.78 is 28.5. The molecule has 0 amide bonds. The second kappa shape index (κ2) is 8.33. The maximum Gasteiger partial charge on any atom is 0.243 e. The normalized spacial score (nSPS) is 24.2. The van der Waals surface area contributed by atoms with Gasteiger partial charge in [0.15, 0.2) is 0 Å². The van der Waals surface area contributed by atoms with E-state index in [2.05, 4.69) is 12.2 Å². The molecule has 1 spiro atoms. The van der Waals surface area contributed by atoms with Gasteiger partial charge in [0.25, 0.3) is 0 Å². The number of rotatable bonds is 3. The quantitative estimate of drug-likeness (QED) is 0.541. The van der Waals surface area contributed by atoms with Crippen molar-refractivity contribution in [2.24, 2.45) is 5.41 Å². The Hall–Kier alpha value is -1.88. The van der Waals surface area contributed by atoms with Crippen LogP contribution in [0.25, 0.3) is 5.03 Å². The fraction of sp³-hybridized carbons (Fsp3) is 0.360. The van der Waals surface area contributed by atoms with Crippen molar-refractivity contribution in [2.45, 2.75) is 44.4 Å². The highest BCUT2D eigenvalue weighted by atomic mass is 35.5. The molecule has 5 heteroatoms. The van der Waals surface area contributed by atoms with E-state index < -0.39 is 10.0 Å². The largest absolute Gasteiger partial charge is 0.243 e. The Balaban J connectivity index is 1.78. The van der Waals surface area contributed by atoms with Gasteiger partial charge in [0, 0.05) is 23.5 Å². The highest BCUT2D eigenvalue weighted by Crippen LogP contribution is 2.49. The summed E-state index contributed by atoms with van der Waals surface area (Å²) in [6.45, 7) is 4.83. The van der Waals surface area contributed by atoms with E-state index in [4.69, 9.17) is 11.6 Å². The molecule has 2 aromatic rings. The zero-order chi connectivity index (χ0) is 21.4. The summed E-state index contributed by atoms with van der Waals surface area (Å²) in [6.07, 6.45) is 8.25. The Morgan fingerprint density at radius 3 is 2.27 bits per heavy atom. The minimum Gasteiger partial charge on any atom is -0.207 e. The molecular formula is C25H28ClNO2S. The summed E-state index contributed by atoms with van der Waals surface area (Å²) in [5, 5.41) is 0.701. The van der Waals surface area contributed by atoms with Gasteiger partial charge in [-0.3, -0.25) is 0 Å². The summed E-state index contributed by atoms with van der Waals surface area (Å²) in [5.41, 5.74) is 3.99. The molecule has 0 N–H and O–H groups in total. The van der Waals surface area contributed by atoms with Crippen molar-refractivity contribution < 1.29 is 8.42 Å². The SMILES string of the molecule is Cc1ccc(/C(Cl)=C2/CN(S(=O)(=O)c3ccc(C)cc3)CC23CC=CCCC3)cc1. The number of hydrogen-bond acceptors (Lipinski definition) is 2. The van der Waals surface area contributed by atoms with Gasteiger partial charge in [-0.05, 0) is 62.8 Å². The van der Waals surface area contributed by atoms with E-state index in [-0.39, 0.29) is 5.41 Å². The number of sulfonamides is 1. The van der Waals surface area contributed by atoms with Crippen molar-refractivity contribution in [2.75, 3.05) is 13.1 Å². The minimum absolute atomic E-state index is 0.243. The van der Waals surface area contributed by atoms with E-state index >= 15 is 0 Å². The first-order chi connectivity index (χ1) is 14.3. The molecule has 158 valence electrons. The summed E-state index contributed by atoms with van der Waals surface area (Å²) >= 11 is 6.96. The predicted molar refractivity (Wildman–Crippen MR) is 124 cm³/mol. The summed E-state index contributed by atoms with van der Waals surface area (Å²) in [7, 11) is -3.58. The summed E-state index contributed by atoms with van der Waals surface area (Å²) in [5.74, 6) is 0. The van der Waals surface area contributed by atoms with Crippen molar-refractivity contribution in [3.63, 3.8) is 0 Å². The molecule has 1 unspecified atom stereocenters. The van der Waals surface area contributed by atoms with Gasteiger partial charge >= 0.3 is 0 Å². The lowest BCUT2D eigenvalue weighted by molar-refractivity contribution is 0.322. The Morgan fingerprint density at radius 2 is 1.60 bits per heavy atom. The lowest BCUT2D eigenvalue weighted by atomic mass is 9.76. The fourth-order valence-electron chi connectivity index (χ4n) is 4.54. The number of hydrogen-bond donors (Lipinski definition) is 0. The highest BCUT2D eigenvalue weighted by molar-refractivity contribution is 7.89. The van der Waals surface area contributed by atoms with Gasteiger partial charge < -0.3 is 0 Å². The van der Waals surface area contributed by atoms with E-state index in [1.165, 1.54) is 5.56 Å². The first-order valence-electron chi connectivity index (χ1n) is 10.5. The number of halogens is 1. The smallest absolute Gasteiger partial charge is 0.207 e. The molecule has 3 nitrogen and oxygen atoms in total. The van der Waals surface area contributed by atoms with Crippen molar-refractivity contribution in [1.82, 2.24) is 4.31 Å². The molecule has 1 atom stereocenters. The Morgan fingerprint density at radius 1 is 0.967 bits per heavy atom. The molecule has 30 heavy (non-hydrogen) atoms. The number of nitrogens with zero attached hydrogens (tertiary/aromatic N) is 1. The van der Waals surface area contributed by atoms with Crippen molar-refractivity contribution in [1.29, 1.82) is 0 Å². The fourth-order valence-corrected chi connectivity index (χ4v) is 6.42. The molecule has 1 heterocycles. The third kappa shape index (κ3) is 4.01. The van der Waals surface area contributed by atoms with Crippen LogP contribution in [0.3, 0.4) is 0 Å². The van der Waals surface area contributed by atoms with Crippen LogP contribution in [0.2, 0.25) is 0 Å². The van der Waals surface area contributed by atoms with E-state index in [1.807, 2.05) is 50.2 Å². The molecule has 1 aliphatic carbocycles. The van der Waals surface area contributed by atoms with Crippen molar-refractivity contribution in [3.8, 4) is 0 Å². The second-order valence-corrected chi connectivity index (χ2v) is 10.9. The highest BCUT2D eigenvalue weighted by Gasteiger charge is 2.47. The number of benzene rings is 2. The van der Waals surface area contributed by atoms with Crippen LogP contribution in [0, 0.1) is 19.3 Å². The Bertz CT molecular complexity index is 1080. The van der Waals surface area contributed by atoms with Gasteiger partial charge in [0.05, 0.1) is 4.90 Å². The van der Waals surface area contributed by atoms with Crippen molar-refractivity contribution >= 4 is 26.7 Å². The summed E-state index contributed by atoms with van der Waals surface area (Å²) in [6, 6.07) is 15.3. The molecular weight excluding hydrogens is 414 g/mol. The van der Waals surface area contributed by atoms with Gasteiger partial charge in [0.1, 0.15) is 0 Å². The van der Waals surface area contributed by atoms with Crippen LogP contribution in [0.4, 0.5) is 0 Å². The molecule has 2 aromatic carbocycles. The first kappa shape index (κ1) is 21.4. The Labute approximate surface area is 185 Å². The van der Waals surface area contributed by atoms with E-state index in [9.17, 15) is 8.42 Å². The lowest BCUT2D eigenvalue weighted by Crippen LogP contribution is -2.32. The summed E-state index contributed by atoms with van der Waals surface area (Å²) in [4.78, 5) is 0.347. The molecule has 4 rings (SSSR count). The van der Waals surface area contributed by atoms with Gasteiger partial charge in [-0.2, -0.15) is 4.31 Å². The number of allylic oxidation sites excluding steroid dienone is 2. The molecule has 0 saturated carbocycles. The van der Waals surface area contributed by atoms with Gasteiger partial charge in [-0.1, -0.05) is 71.3 Å². The topological polar surface area (TPSA) is 37.4 Å². The first-order valence-corrected chi connectivity index (χ1v) is 12.3. The van der Waals surface area contributed by atoms with Crippen LogP contribution in [-0.4, -0.2) is 25.8 Å². The maximum atomic E-state index is 13.4. The third-order valence-electron chi connectivity index (χ3n) is 6.38. The average molecular weight is 442 g/mol. The second-order valence-electron chi connectivity index (χ2n) is 8.59. The zero-order valence-electron chi connectivity index (χ0n) is 17.6. The van der Waals surface area contributed by atoms with Crippen molar-refractivity contribution in [3.05, 3.63) is 82.9 Å². The lowest BCUT2D eigenvalue weighted by Gasteiger charge is -2.29. The van der Waals surface area contributed by atoms with E-state index in [0.29, 0.717) is 23.0 Å². The maximum absolute atomic E-state index is 13.4. The molecule has 1 aliphatic heterocycles. The minimum atomic E-state index is -3.58. The van der Waals surface area contributed by atoms with Crippen LogP contribution in [0.15, 0.2) is 71.2 Å². The molecule has 0 radical (unpaired) electrons. The number of aryl methyl sites for hydroxylation is 2. The molecule has 0 aromatic heterocycles. The molecule has 2 aliphatic rings.